The van der Waals surface area contributed by atoms with E-state index in [-0.39, 0.29) is 5.91 Å². The van der Waals surface area contributed by atoms with Crippen LogP contribution in [0.3, 0.4) is 0 Å². The smallest absolute Gasteiger partial charge is 0.251 e. The normalized spacial score (nSPS) is 10.1. The van der Waals surface area contributed by atoms with Gasteiger partial charge in [0.2, 0.25) is 0 Å². The molecule has 1 amide bonds. The lowest BCUT2D eigenvalue weighted by molar-refractivity contribution is 0.0954. The Balaban J connectivity index is 1.92. The summed E-state index contributed by atoms with van der Waals surface area (Å²) in [5.41, 5.74) is 2.04. The Hall–Kier alpha value is -2.19. The highest BCUT2D eigenvalue weighted by Crippen LogP contribution is 2.17. The van der Waals surface area contributed by atoms with Crippen molar-refractivity contribution in [2.75, 3.05) is 6.54 Å². The van der Waals surface area contributed by atoms with Crippen molar-refractivity contribution in [3.8, 4) is 6.07 Å². The number of rotatable bonds is 4. The number of hydrogen-bond acceptors (Lipinski definition) is 4. The van der Waals surface area contributed by atoms with E-state index in [0.717, 1.165) is 17.1 Å². The molecule has 0 unspecified atom stereocenters. The molecule has 2 aromatic rings. The maximum atomic E-state index is 12.0. The van der Waals surface area contributed by atoms with E-state index in [0.29, 0.717) is 17.7 Å². The molecule has 2 rings (SSSR count). The third-order valence-corrected chi connectivity index (χ3v) is 4.02. The summed E-state index contributed by atoms with van der Waals surface area (Å²) >= 11 is 1.66. The third kappa shape index (κ3) is 3.43. The van der Waals surface area contributed by atoms with Crippen LogP contribution in [0.25, 0.3) is 0 Å². The molecule has 0 fully saturated rings. The number of nitrogens with zero attached hydrogens (tertiary/aromatic N) is 2. The Kier molecular flexibility index (Phi) is 4.49. The minimum Gasteiger partial charge on any atom is -0.352 e. The van der Waals surface area contributed by atoms with Gasteiger partial charge in [0.15, 0.2) is 0 Å². The second kappa shape index (κ2) is 6.31. The first-order valence-electron chi connectivity index (χ1n) is 6.31. The molecule has 102 valence electrons. The highest BCUT2D eigenvalue weighted by atomic mass is 32.1. The van der Waals surface area contributed by atoms with Gasteiger partial charge in [-0.2, -0.15) is 5.26 Å². The average molecular weight is 285 g/mol. The molecule has 1 N–H and O–H groups in total. The molecule has 5 heteroatoms. The van der Waals surface area contributed by atoms with Gasteiger partial charge in [-0.15, -0.1) is 11.3 Å². The highest BCUT2D eigenvalue weighted by molar-refractivity contribution is 7.11. The predicted molar refractivity (Wildman–Crippen MR) is 78.8 cm³/mol. The highest BCUT2D eigenvalue weighted by Gasteiger charge is 2.08. The van der Waals surface area contributed by atoms with Crippen LogP contribution in [0.1, 0.15) is 31.5 Å². The van der Waals surface area contributed by atoms with Crippen molar-refractivity contribution in [2.45, 2.75) is 20.3 Å². The van der Waals surface area contributed by atoms with E-state index in [2.05, 4.69) is 10.3 Å². The summed E-state index contributed by atoms with van der Waals surface area (Å²) in [4.78, 5) is 17.5. The Bertz CT molecular complexity index is 670. The molecule has 0 aliphatic heterocycles. The quantitative estimate of drug-likeness (QED) is 0.939. The molecule has 0 bridgehead atoms. The van der Waals surface area contributed by atoms with Gasteiger partial charge in [-0.25, -0.2) is 4.98 Å². The van der Waals surface area contributed by atoms with Crippen LogP contribution in [0.2, 0.25) is 0 Å². The minimum atomic E-state index is -0.152. The maximum absolute atomic E-state index is 12.0. The van der Waals surface area contributed by atoms with E-state index >= 15 is 0 Å². The number of aromatic nitrogens is 1. The fourth-order valence-electron chi connectivity index (χ4n) is 1.93. The summed E-state index contributed by atoms with van der Waals surface area (Å²) in [6.07, 6.45) is 0.779. The van der Waals surface area contributed by atoms with E-state index in [9.17, 15) is 4.79 Å². The van der Waals surface area contributed by atoms with Gasteiger partial charge >= 0.3 is 0 Å². The van der Waals surface area contributed by atoms with Crippen LogP contribution >= 0.6 is 11.3 Å². The van der Waals surface area contributed by atoms with Gasteiger partial charge in [-0.1, -0.05) is 6.07 Å². The number of nitriles is 1. The fourth-order valence-corrected chi connectivity index (χ4v) is 2.86. The summed E-state index contributed by atoms with van der Waals surface area (Å²) in [7, 11) is 0. The van der Waals surface area contributed by atoms with Crippen LogP contribution < -0.4 is 5.32 Å². The zero-order valence-corrected chi connectivity index (χ0v) is 12.3. The molecule has 0 saturated carbocycles. The Labute approximate surface area is 122 Å². The van der Waals surface area contributed by atoms with Gasteiger partial charge in [-0.3, -0.25) is 4.79 Å². The first-order chi connectivity index (χ1) is 9.60. The number of thiazole rings is 1. The number of aryl methyl sites for hydroxylation is 2. The Morgan fingerprint density at radius 2 is 2.25 bits per heavy atom. The molecule has 0 spiro atoms. The second-order valence-electron chi connectivity index (χ2n) is 4.44. The number of carbonyl (C=O) groups is 1. The summed E-state index contributed by atoms with van der Waals surface area (Å²) in [5.74, 6) is -0.152. The zero-order valence-electron chi connectivity index (χ0n) is 11.4. The molecule has 20 heavy (non-hydrogen) atoms. The largest absolute Gasteiger partial charge is 0.352 e. The van der Waals surface area contributed by atoms with Crippen LogP contribution in [-0.2, 0) is 6.42 Å². The van der Waals surface area contributed by atoms with E-state index in [1.54, 1.807) is 35.6 Å². The van der Waals surface area contributed by atoms with Gasteiger partial charge in [0.05, 0.1) is 22.3 Å². The lowest BCUT2D eigenvalue weighted by Crippen LogP contribution is -2.25. The first-order valence-corrected chi connectivity index (χ1v) is 7.13. The second-order valence-corrected chi connectivity index (χ2v) is 5.73. The first kappa shape index (κ1) is 14.2. The average Bonchev–Trinajstić information content (AvgIpc) is 2.77. The van der Waals surface area contributed by atoms with Crippen molar-refractivity contribution >= 4 is 17.2 Å². The fraction of sp³-hybridized carbons (Fsp3) is 0.267. The van der Waals surface area contributed by atoms with E-state index in [1.807, 2.05) is 19.9 Å². The van der Waals surface area contributed by atoms with Crippen molar-refractivity contribution in [3.63, 3.8) is 0 Å². The molecule has 1 aromatic carbocycles. The molecule has 1 aromatic heterocycles. The molecule has 0 aliphatic rings. The van der Waals surface area contributed by atoms with Crippen LogP contribution in [-0.4, -0.2) is 17.4 Å². The van der Waals surface area contributed by atoms with Crippen LogP contribution in [0, 0.1) is 25.2 Å². The number of nitrogens with one attached hydrogen (secondary N) is 1. The van der Waals surface area contributed by atoms with Gasteiger partial charge in [0.25, 0.3) is 5.91 Å². The van der Waals surface area contributed by atoms with Crippen LogP contribution in [0.5, 0.6) is 0 Å². The predicted octanol–water partition coefficient (Wildman–Crippen LogP) is 2.60. The summed E-state index contributed by atoms with van der Waals surface area (Å²) in [6.45, 7) is 4.53. The van der Waals surface area contributed by atoms with Crippen molar-refractivity contribution in [2.24, 2.45) is 0 Å². The Morgan fingerprint density at radius 3 is 2.90 bits per heavy atom. The Morgan fingerprint density at radius 1 is 1.45 bits per heavy atom. The van der Waals surface area contributed by atoms with Crippen LogP contribution in [0.4, 0.5) is 0 Å². The van der Waals surface area contributed by atoms with E-state index < -0.39 is 0 Å². The molecule has 0 radical (unpaired) electrons. The van der Waals surface area contributed by atoms with Crippen molar-refractivity contribution in [3.05, 3.63) is 51.0 Å². The number of benzene rings is 1. The lowest BCUT2D eigenvalue weighted by atomic mass is 10.1. The molecule has 4 nitrogen and oxygen atoms in total. The van der Waals surface area contributed by atoms with Gasteiger partial charge in [0, 0.05) is 23.4 Å². The number of carbonyl (C=O) groups excluding carboxylic acids is 1. The molecule has 0 saturated heterocycles. The van der Waals surface area contributed by atoms with E-state index in [1.165, 1.54) is 4.88 Å². The third-order valence-electron chi connectivity index (χ3n) is 2.89. The van der Waals surface area contributed by atoms with E-state index in [4.69, 9.17) is 5.26 Å². The molecular weight excluding hydrogens is 270 g/mol. The lowest BCUT2D eigenvalue weighted by Gasteiger charge is -2.04. The summed E-state index contributed by atoms with van der Waals surface area (Å²) in [6, 6.07) is 8.72. The van der Waals surface area contributed by atoms with Crippen molar-refractivity contribution in [1.29, 1.82) is 5.26 Å². The SMILES string of the molecule is Cc1nc(C)c(CCNC(=O)c2cccc(C#N)c2)s1. The van der Waals surface area contributed by atoms with Crippen molar-refractivity contribution < 1.29 is 4.79 Å². The maximum Gasteiger partial charge on any atom is 0.251 e. The zero-order chi connectivity index (χ0) is 14.5. The molecular formula is C15H15N3OS. The van der Waals surface area contributed by atoms with Gasteiger partial charge in [0.1, 0.15) is 0 Å². The molecule has 0 atom stereocenters. The molecule has 0 aliphatic carbocycles. The van der Waals surface area contributed by atoms with Gasteiger partial charge in [-0.05, 0) is 32.0 Å². The van der Waals surface area contributed by atoms with Gasteiger partial charge < -0.3 is 5.32 Å². The van der Waals surface area contributed by atoms with Crippen LogP contribution in [0.15, 0.2) is 24.3 Å². The topological polar surface area (TPSA) is 65.8 Å². The number of hydrogen-bond donors (Lipinski definition) is 1. The van der Waals surface area contributed by atoms with Crippen molar-refractivity contribution in [1.82, 2.24) is 10.3 Å². The summed E-state index contributed by atoms with van der Waals surface area (Å²) < 4.78 is 0. The summed E-state index contributed by atoms with van der Waals surface area (Å²) in [5, 5.41) is 12.7. The monoisotopic (exact) mass is 285 g/mol. The standard InChI is InChI=1S/C15H15N3OS/c1-10-14(20-11(2)18-10)6-7-17-15(19)13-5-3-4-12(8-13)9-16/h3-5,8H,6-7H2,1-2H3,(H,17,19). The molecule has 1 heterocycles. The minimum absolute atomic E-state index is 0.152. The number of amides is 1.